The zero-order valence-electron chi connectivity index (χ0n) is 12.9. The van der Waals surface area contributed by atoms with E-state index in [-0.39, 0.29) is 12.0 Å². The molecule has 0 aliphatic rings. The van der Waals surface area contributed by atoms with Crippen molar-refractivity contribution in [3.05, 3.63) is 41.5 Å². The van der Waals surface area contributed by atoms with Gasteiger partial charge >= 0.3 is 0 Å². The smallest absolute Gasteiger partial charge is 0.148 e. The van der Waals surface area contributed by atoms with Crippen molar-refractivity contribution in [2.24, 2.45) is 5.84 Å². The Kier molecular flexibility index (Phi) is 4.70. The quantitative estimate of drug-likeness (QED) is 0.578. The first-order valence-corrected chi connectivity index (χ1v) is 7.04. The Morgan fingerprint density at radius 2 is 1.67 bits per heavy atom. The molecule has 2 aromatic heterocycles. The first-order chi connectivity index (χ1) is 10.0. The fourth-order valence-corrected chi connectivity index (χ4v) is 2.01. The Morgan fingerprint density at radius 1 is 1.05 bits per heavy atom. The highest BCUT2D eigenvalue weighted by Gasteiger charge is 2.14. The van der Waals surface area contributed by atoms with E-state index in [9.17, 15) is 0 Å². The van der Waals surface area contributed by atoms with Crippen molar-refractivity contribution in [1.29, 1.82) is 0 Å². The average Bonchev–Trinajstić information content (AvgIpc) is 2.49. The second kappa shape index (κ2) is 6.49. The van der Waals surface area contributed by atoms with Gasteiger partial charge in [0.05, 0.1) is 6.04 Å². The highest BCUT2D eigenvalue weighted by atomic mass is 15.3. The lowest BCUT2D eigenvalue weighted by molar-refractivity contribution is 0.765. The highest BCUT2D eigenvalue weighted by molar-refractivity contribution is 5.57. The van der Waals surface area contributed by atoms with Crippen LogP contribution in [0.25, 0.3) is 0 Å². The lowest BCUT2D eigenvalue weighted by Crippen LogP contribution is -2.16. The van der Waals surface area contributed by atoms with Crippen LogP contribution in [-0.4, -0.2) is 15.0 Å². The van der Waals surface area contributed by atoms with Crippen molar-refractivity contribution in [1.82, 2.24) is 15.0 Å². The van der Waals surface area contributed by atoms with Crippen molar-refractivity contribution in [3.8, 4) is 0 Å². The molecule has 0 amide bonds. The maximum Gasteiger partial charge on any atom is 0.148 e. The van der Waals surface area contributed by atoms with Crippen molar-refractivity contribution in [2.45, 2.75) is 39.7 Å². The molecule has 0 spiro atoms. The molecule has 2 rings (SSSR count). The van der Waals surface area contributed by atoms with Gasteiger partial charge in [-0.25, -0.2) is 15.8 Å². The summed E-state index contributed by atoms with van der Waals surface area (Å²) in [5.74, 6) is 8.00. The standard InChI is InChI=1S/C15H22N6/c1-9(2)13-19-14(10(3)15(20-13)21-16)18-11(4)12-5-7-17-8-6-12/h5-9,11H,16H2,1-4H3,(H2,18,19,20,21). The molecule has 0 saturated carbocycles. The van der Waals surface area contributed by atoms with Crippen LogP contribution >= 0.6 is 0 Å². The van der Waals surface area contributed by atoms with E-state index < -0.39 is 0 Å². The van der Waals surface area contributed by atoms with Crippen molar-refractivity contribution >= 4 is 11.6 Å². The topological polar surface area (TPSA) is 88.8 Å². The summed E-state index contributed by atoms with van der Waals surface area (Å²) in [5.41, 5.74) is 4.70. The fourth-order valence-electron chi connectivity index (χ4n) is 2.01. The zero-order valence-corrected chi connectivity index (χ0v) is 12.9. The van der Waals surface area contributed by atoms with E-state index in [1.807, 2.05) is 19.1 Å². The SMILES string of the molecule is Cc1c(NN)nc(C(C)C)nc1NC(C)c1ccncc1. The first kappa shape index (κ1) is 15.2. The first-order valence-electron chi connectivity index (χ1n) is 7.04. The number of nitrogens with one attached hydrogen (secondary N) is 2. The molecule has 4 N–H and O–H groups in total. The third-order valence-corrected chi connectivity index (χ3v) is 3.38. The van der Waals surface area contributed by atoms with Gasteiger partial charge in [-0.05, 0) is 31.5 Å². The van der Waals surface area contributed by atoms with E-state index in [1.54, 1.807) is 12.4 Å². The minimum absolute atomic E-state index is 0.118. The number of hydrogen-bond donors (Lipinski definition) is 3. The van der Waals surface area contributed by atoms with Crippen LogP contribution in [0, 0.1) is 6.92 Å². The van der Waals surface area contributed by atoms with Gasteiger partial charge in [0.25, 0.3) is 0 Å². The van der Waals surface area contributed by atoms with Crippen LogP contribution in [0.15, 0.2) is 24.5 Å². The van der Waals surface area contributed by atoms with Gasteiger partial charge in [-0.2, -0.15) is 0 Å². The Morgan fingerprint density at radius 3 is 2.24 bits per heavy atom. The minimum atomic E-state index is 0.118. The van der Waals surface area contributed by atoms with Crippen LogP contribution in [0.2, 0.25) is 0 Å². The maximum absolute atomic E-state index is 5.55. The Bertz CT molecular complexity index is 597. The molecular formula is C15H22N6. The van der Waals surface area contributed by atoms with Gasteiger partial charge in [0.1, 0.15) is 17.5 Å². The molecule has 21 heavy (non-hydrogen) atoms. The predicted molar refractivity (Wildman–Crippen MR) is 84.9 cm³/mol. The number of nitrogens with zero attached hydrogens (tertiary/aromatic N) is 3. The predicted octanol–water partition coefficient (Wildman–Crippen LogP) is 2.76. The second-order valence-corrected chi connectivity index (χ2v) is 5.35. The van der Waals surface area contributed by atoms with Crippen LogP contribution in [0.4, 0.5) is 11.6 Å². The number of hydrazine groups is 1. The summed E-state index contributed by atoms with van der Waals surface area (Å²) in [6.07, 6.45) is 3.57. The summed E-state index contributed by atoms with van der Waals surface area (Å²) < 4.78 is 0. The molecule has 0 saturated heterocycles. The summed E-state index contributed by atoms with van der Waals surface area (Å²) in [7, 11) is 0. The van der Waals surface area contributed by atoms with Gasteiger partial charge in [-0.1, -0.05) is 13.8 Å². The molecular weight excluding hydrogens is 264 g/mol. The third kappa shape index (κ3) is 3.46. The number of nitrogen functional groups attached to an aromatic ring is 1. The molecule has 1 atom stereocenters. The van der Waals surface area contributed by atoms with Gasteiger partial charge in [-0.3, -0.25) is 4.98 Å². The number of pyridine rings is 1. The molecule has 6 heteroatoms. The van der Waals surface area contributed by atoms with E-state index in [1.165, 1.54) is 0 Å². The summed E-state index contributed by atoms with van der Waals surface area (Å²) >= 11 is 0. The van der Waals surface area contributed by atoms with E-state index >= 15 is 0 Å². The van der Waals surface area contributed by atoms with Gasteiger partial charge in [0.2, 0.25) is 0 Å². The van der Waals surface area contributed by atoms with Crippen LogP contribution in [0.1, 0.15) is 49.7 Å². The maximum atomic E-state index is 5.55. The summed E-state index contributed by atoms with van der Waals surface area (Å²) in [5, 5.41) is 3.42. The number of rotatable bonds is 5. The monoisotopic (exact) mass is 286 g/mol. The molecule has 0 fully saturated rings. The van der Waals surface area contributed by atoms with Gasteiger partial charge in [0, 0.05) is 23.9 Å². The number of anilines is 2. The van der Waals surface area contributed by atoms with Gasteiger partial charge in [-0.15, -0.1) is 0 Å². The van der Waals surface area contributed by atoms with Crippen LogP contribution in [0.3, 0.4) is 0 Å². The second-order valence-electron chi connectivity index (χ2n) is 5.35. The van der Waals surface area contributed by atoms with Gasteiger partial charge < -0.3 is 10.7 Å². The van der Waals surface area contributed by atoms with E-state index in [4.69, 9.17) is 5.84 Å². The molecule has 2 heterocycles. The molecule has 112 valence electrons. The zero-order chi connectivity index (χ0) is 15.4. The highest BCUT2D eigenvalue weighted by Crippen LogP contribution is 2.25. The fraction of sp³-hybridized carbons (Fsp3) is 0.400. The van der Waals surface area contributed by atoms with Crippen molar-refractivity contribution < 1.29 is 0 Å². The molecule has 6 nitrogen and oxygen atoms in total. The number of aromatic nitrogens is 3. The summed E-state index contributed by atoms with van der Waals surface area (Å²) in [4.78, 5) is 13.1. The van der Waals surface area contributed by atoms with E-state index in [2.05, 4.69) is 46.5 Å². The Labute approximate surface area is 125 Å². The molecule has 0 radical (unpaired) electrons. The minimum Gasteiger partial charge on any atom is -0.363 e. The molecule has 0 aromatic carbocycles. The molecule has 1 unspecified atom stereocenters. The third-order valence-electron chi connectivity index (χ3n) is 3.38. The van der Waals surface area contributed by atoms with Crippen molar-refractivity contribution in [2.75, 3.05) is 10.7 Å². The molecule has 0 aliphatic carbocycles. The van der Waals surface area contributed by atoms with Gasteiger partial charge in [0.15, 0.2) is 0 Å². The lowest BCUT2D eigenvalue weighted by Gasteiger charge is -2.19. The largest absolute Gasteiger partial charge is 0.363 e. The Balaban J connectivity index is 2.32. The van der Waals surface area contributed by atoms with Crippen LogP contribution in [-0.2, 0) is 0 Å². The van der Waals surface area contributed by atoms with Crippen molar-refractivity contribution in [3.63, 3.8) is 0 Å². The van der Waals surface area contributed by atoms with Crippen LogP contribution in [0.5, 0.6) is 0 Å². The molecule has 0 bridgehead atoms. The van der Waals surface area contributed by atoms with Crippen LogP contribution < -0.4 is 16.6 Å². The molecule has 2 aromatic rings. The average molecular weight is 286 g/mol. The summed E-state index contributed by atoms with van der Waals surface area (Å²) in [6, 6.07) is 4.09. The van der Waals surface area contributed by atoms with E-state index in [0.29, 0.717) is 5.82 Å². The summed E-state index contributed by atoms with van der Waals surface area (Å²) in [6.45, 7) is 8.14. The normalized spacial score (nSPS) is 12.3. The number of hydrogen-bond acceptors (Lipinski definition) is 6. The lowest BCUT2D eigenvalue weighted by atomic mass is 10.1. The Hall–Kier alpha value is -2.21. The molecule has 0 aliphatic heterocycles. The number of nitrogens with two attached hydrogens (primary N) is 1. The van der Waals surface area contributed by atoms with E-state index in [0.717, 1.165) is 22.8 Å².